The van der Waals surface area contributed by atoms with Gasteiger partial charge in [-0.15, -0.1) is 0 Å². The Hall–Kier alpha value is -3.51. The van der Waals surface area contributed by atoms with Crippen LogP contribution in [0.15, 0.2) is 72.8 Å². The van der Waals surface area contributed by atoms with Crippen molar-refractivity contribution in [2.24, 2.45) is 0 Å². The normalized spacial score (nSPS) is 10.7. The van der Waals surface area contributed by atoms with E-state index < -0.39 is 0 Å². The molecule has 2 amide bonds. The highest BCUT2D eigenvalue weighted by Crippen LogP contribution is 2.19. The van der Waals surface area contributed by atoms with Crippen LogP contribution in [0, 0.1) is 0 Å². The minimum atomic E-state index is -0.353. The van der Waals surface area contributed by atoms with Crippen molar-refractivity contribution in [2.75, 3.05) is 11.9 Å². The number of para-hydroxylation sites is 1. The highest BCUT2D eigenvalue weighted by Gasteiger charge is 2.11. The second-order valence-corrected chi connectivity index (χ2v) is 7.05. The Balaban J connectivity index is 1.65. The van der Waals surface area contributed by atoms with E-state index in [9.17, 15) is 9.59 Å². The minimum absolute atomic E-state index is 0.123. The molecule has 0 aliphatic heterocycles. The molecule has 0 saturated carbocycles. The van der Waals surface area contributed by atoms with E-state index in [1.54, 1.807) is 30.3 Å². The standard InChI is InChI=1S/C24H23N3O2S/c1-2-16-25-23(29)20-12-5-6-13-21(20)26-24(30)27-22(28)15-14-18-10-7-9-17-8-3-4-11-19(17)18/h3-15H,2,16H2,1H3,(H,25,29)(H2,26,27,28,30)/b15-14+. The third-order valence-electron chi connectivity index (χ3n) is 4.43. The summed E-state index contributed by atoms with van der Waals surface area (Å²) in [6.45, 7) is 2.58. The summed E-state index contributed by atoms with van der Waals surface area (Å²) < 4.78 is 0. The molecule has 5 nitrogen and oxygen atoms in total. The maximum absolute atomic E-state index is 12.3. The van der Waals surface area contributed by atoms with Crippen molar-refractivity contribution in [3.8, 4) is 0 Å². The van der Waals surface area contributed by atoms with Gasteiger partial charge in [0.05, 0.1) is 11.3 Å². The second kappa shape index (κ2) is 10.3. The predicted molar refractivity (Wildman–Crippen MR) is 126 cm³/mol. The Bertz CT molecular complexity index is 1100. The smallest absolute Gasteiger partial charge is 0.253 e. The van der Waals surface area contributed by atoms with Crippen LogP contribution in [0.3, 0.4) is 0 Å². The lowest BCUT2D eigenvalue weighted by Crippen LogP contribution is -2.34. The van der Waals surface area contributed by atoms with Gasteiger partial charge in [0.2, 0.25) is 5.91 Å². The Morgan fingerprint density at radius 1 is 0.967 bits per heavy atom. The summed E-state index contributed by atoms with van der Waals surface area (Å²) in [6.07, 6.45) is 4.04. The van der Waals surface area contributed by atoms with Crippen LogP contribution < -0.4 is 16.0 Å². The van der Waals surface area contributed by atoms with Gasteiger partial charge in [-0.3, -0.25) is 14.9 Å². The fraction of sp³-hybridized carbons (Fsp3) is 0.125. The van der Waals surface area contributed by atoms with Crippen molar-refractivity contribution < 1.29 is 9.59 Å². The Kier molecular flexibility index (Phi) is 7.29. The van der Waals surface area contributed by atoms with Crippen molar-refractivity contribution in [1.82, 2.24) is 10.6 Å². The molecule has 3 rings (SSSR count). The molecule has 0 aliphatic carbocycles. The quantitative estimate of drug-likeness (QED) is 0.408. The Morgan fingerprint density at radius 2 is 1.70 bits per heavy atom. The molecule has 6 heteroatoms. The van der Waals surface area contributed by atoms with Crippen LogP contribution in [-0.4, -0.2) is 23.5 Å². The average molecular weight is 418 g/mol. The first-order valence-electron chi connectivity index (χ1n) is 9.73. The van der Waals surface area contributed by atoms with Gasteiger partial charge >= 0.3 is 0 Å². The lowest BCUT2D eigenvalue weighted by Gasteiger charge is -2.12. The van der Waals surface area contributed by atoms with E-state index in [1.807, 2.05) is 49.4 Å². The molecule has 0 aliphatic rings. The van der Waals surface area contributed by atoms with Crippen LogP contribution in [0.5, 0.6) is 0 Å². The van der Waals surface area contributed by atoms with Gasteiger partial charge in [-0.25, -0.2) is 0 Å². The topological polar surface area (TPSA) is 70.2 Å². The van der Waals surface area contributed by atoms with E-state index in [-0.39, 0.29) is 16.9 Å². The van der Waals surface area contributed by atoms with Crippen LogP contribution in [-0.2, 0) is 4.79 Å². The zero-order chi connectivity index (χ0) is 21.3. The number of thiocarbonyl (C=S) groups is 1. The molecule has 0 fully saturated rings. The molecule has 0 bridgehead atoms. The molecule has 30 heavy (non-hydrogen) atoms. The van der Waals surface area contributed by atoms with Gasteiger partial charge in [0.1, 0.15) is 0 Å². The number of carbonyl (C=O) groups excluding carboxylic acids is 2. The number of hydrogen-bond acceptors (Lipinski definition) is 3. The van der Waals surface area contributed by atoms with Gasteiger partial charge < -0.3 is 10.6 Å². The summed E-state index contributed by atoms with van der Waals surface area (Å²) >= 11 is 5.25. The first kappa shape index (κ1) is 21.2. The van der Waals surface area contributed by atoms with Crippen molar-refractivity contribution in [3.05, 3.63) is 83.9 Å². The van der Waals surface area contributed by atoms with Crippen LogP contribution in [0.2, 0.25) is 0 Å². The van der Waals surface area contributed by atoms with Gasteiger partial charge in [-0.1, -0.05) is 61.5 Å². The number of nitrogens with one attached hydrogen (secondary N) is 3. The molecule has 0 aromatic heterocycles. The zero-order valence-electron chi connectivity index (χ0n) is 16.6. The number of benzene rings is 3. The summed E-state index contributed by atoms with van der Waals surface area (Å²) in [5.41, 5.74) is 1.95. The summed E-state index contributed by atoms with van der Waals surface area (Å²) in [5, 5.41) is 10.7. The molecule has 0 radical (unpaired) electrons. The average Bonchev–Trinajstić information content (AvgIpc) is 2.76. The van der Waals surface area contributed by atoms with E-state index in [1.165, 1.54) is 6.08 Å². The Labute approximate surface area is 181 Å². The first-order chi connectivity index (χ1) is 14.6. The maximum atomic E-state index is 12.3. The van der Waals surface area contributed by atoms with E-state index in [2.05, 4.69) is 16.0 Å². The molecule has 0 atom stereocenters. The summed E-state index contributed by atoms with van der Waals surface area (Å²) in [6, 6.07) is 20.9. The van der Waals surface area contributed by atoms with Crippen LogP contribution >= 0.6 is 12.2 Å². The number of rotatable bonds is 6. The Morgan fingerprint density at radius 3 is 2.53 bits per heavy atom. The lowest BCUT2D eigenvalue weighted by molar-refractivity contribution is -0.115. The third-order valence-corrected chi connectivity index (χ3v) is 4.63. The van der Waals surface area contributed by atoms with Gasteiger partial charge in [-0.05, 0) is 53.2 Å². The highest BCUT2D eigenvalue weighted by molar-refractivity contribution is 7.80. The maximum Gasteiger partial charge on any atom is 0.253 e. The first-order valence-corrected chi connectivity index (χ1v) is 10.1. The molecule has 3 aromatic rings. The molecular weight excluding hydrogens is 394 g/mol. The largest absolute Gasteiger partial charge is 0.352 e. The van der Waals surface area contributed by atoms with E-state index in [0.29, 0.717) is 17.8 Å². The van der Waals surface area contributed by atoms with E-state index in [4.69, 9.17) is 12.2 Å². The molecule has 3 aromatic carbocycles. The number of amides is 2. The molecule has 0 saturated heterocycles. The van der Waals surface area contributed by atoms with Gasteiger partial charge in [0, 0.05) is 12.6 Å². The number of fused-ring (bicyclic) bond motifs is 1. The molecule has 152 valence electrons. The van der Waals surface area contributed by atoms with Crippen LogP contribution in [0.4, 0.5) is 5.69 Å². The predicted octanol–water partition coefficient (Wildman–Crippen LogP) is 4.51. The number of hydrogen-bond donors (Lipinski definition) is 3. The summed E-state index contributed by atoms with van der Waals surface area (Å²) in [7, 11) is 0. The number of carbonyl (C=O) groups is 2. The van der Waals surface area contributed by atoms with E-state index in [0.717, 1.165) is 22.8 Å². The zero-order valence-corrected chi connectivity index (χ0v) is 17.5. The second-order valence-electron chi connectivity index (χ2n) is 6.65. The molecular formula is C24H23N3O2S. The van der Waals surface area contributed by atoms with Gasteiger partial charge in [-0.2, -0.15) is 0 Å². The van der Waals surface area contributed by atoms with Crippen molar-refractivity contribution in [2.45, 2.75) is 13.3 Å². The third kappa shape index (κ3) is 5.52. The minimum Gasteiger partial charge on any atom is -0.352 e. The van der Waals surface area contributed by atoms with Crippen LogP contribution in [0.1, 0.15) is 29.3 Å². The van der Waals surface area contributed by atoms with Crippen molar-refractivity contribution in [3.63, 3.8) is 0 Å². The van der Waals surface area contributed by atoms with Crippen molar-refractivity contribution in [1.29, 1.82) is 0 Å². The SMILES string of the molecule is CCCNC(=O)c1ccccc1NC(=S)NC(=O)/C=C/c1cccc2ccccc12. The summed E-state index contributed by atoms with van der Waals surface area (Å²) in [5.74, 6) is -0.543. The molecule has 0 unspecified atom stereocenters. The van der Waals surface area contributed by atoms with Gasteiger partial charge in [0.25, 0.3) is 5.91 Å². The van der Waals surface area contributed by atoms with Gasteiger partial charge in [0.15, 0.2) is 5.11 Å². The fourth-order valence-corrected chi connectivity index (χ4v) is 3.20. The van der Waals surface area contributed by atoms with Crippen molar-refractivity contribution >= 4 is 51.7 Å². The highest BCUT2D eigenvalue weighted by atomic mass is 32.1. The summed E-state index contributed by atoms with van der Waals surface area (Å²) in [4.78, 5) is 24.6. The molecule has 0 heterocycles. The molecule has 0 spiro atoms. The molecule has 3 N–H and O–H groups in total. The van der Waals surface area contributed by atoms with E-state index >= 15 is 0 Å². The fourth-order valence-electron chi connectivity index (χ4n) is 2.99. The van der Waals surface area contributed by atoms with Crippen LogP contribution in [0.25, 0.3) is 16.8 Å². The monoisotopic (exact) mass is 417 g/mol. The lowest BCUT2D eigenvalue weighted by atomic mass is 10.0. The number of anilines is 1.